The van der Waals surface area contributed by atoms with E-state index in [4.69, 9.17) is 13.9 Å². The number of hydrogen-bond donors (Lipinski definition) is 1. The van der Waals surface area contributed by atoms with E-state index in [1.165, 1.54) is 6.92 Å². The zero-order valence-electron chi connectivity index (χ0n) is 15.5. The van der Waals surface area contributed by atoms with Crippen LogP contribution in [-0.4, -0.2) is 24.3 Å². The van der Waals surface area contributed by atoms with E-state index in [2.05, 4.69) is 0 Å². The Kier molecular flexibility index (Phi) is 4.90. The summed E-state index contributed by atoms with van der Waals surface area (Å²) in [4.78, 5) is 24.3. The van der Waals surface area contributed by atoms with Gasteiger partial charge in [0.2, 0.25) is 11.2 Å². The molecule has 0 bridgehead atoms. The Morgan fingerprint density at radius 1 is 1.11 bits per heavy atom. The van der Waals surface area contributed by atoms with Gasteiger partial charge in [-0.2, -0.15) is 0 Å². The van der Waals surface area contributed by atoms with Gasteiger partial charge in [-0.1, -0.05) is 0 Å². The summed E-state index contributed by atoms with van der Waals surface area (Å²) >= 11 is 0. The molecule has 0 aliphatic heterocycles. The highest BCUT2D eigenvalue weighted by Gasteiger charge is 2.23. The molecule has 0 radical (unpaired) electrons. The van der Waals surface area contributed by atoms with Crippen LogP contribution in [0, 0.1) is 13.8 Å². The van der Waals surface area contributed by atoms with Crippen LogP contribution in [0.5, 0.6) is 11.5 Å². The first kappa shape index (κ1) is 18.5. The molecule has 0 saturated heterocycles. The number of carboxylic acids is 1. The van der Waals surface area contributed by atoms with E-state index < -0.39 is 17.5 Å². The van der Waals surface area contributed by atoms with Crippen molar-refractivity contribution in [3.63, 3.8) is 0 Å². The van der Waals surface area contributed by atoms with Crippen LogP contribution in [0.1, 0.15) is 18.1 Å². The predicted octanol–water partition coefficient (Wildman–Crippen LogP) is 3.94. The second-order valence-corrected chi connectivity index (χ2v) is 6.35. The van der Waals surface area contributed by atoms with Crippen molar-refractivity contribution in [3.8, 4) is 22.8 Å². The second kappa shape index (κ2) is 7.15. The maximum Gasteiger partial charge on any atom is 0.344 e. The van der Waals surface area contributed by atoms with Crippen molar-refractivity contribution >= 4 is 16.9 Å². The number of carboxylic acid groups (broad SMARTS) is 1. The van der Waals surface area contributed by atoms with E-state index in [1.54, 1.807) is 43.5 Å². The van der Waals surface area contributed by atoms with Crippen LogP contribution in [-0.2, 0) is 4.79 Å². The van der Waals surface area contributed by atoms with Crippen LogP contribution in [0.4, 0.5) is 0 Å². The van der Waals surface area contributed by atoms with Gasteiger partial charge in [0.05, 0.1) is 12.5 Å². The van der Waals surface area contributed by atoms with E-state index in [-0.39, 0.29) is 11.5 Å². The number of rotatable bonds is 5. The van der Waals surface area contributed by atoms with Gasteiger partial charge in [-0.25, -0.2) is 4.79 Å². The quantitative estimate of drug-likeness (QED) is 0.734. The summed E-state index contributed by atoms with van der Waals surface area (Å²) in [6, 6.07) is 10.4. The van der Waals surface area contributed by atoms with Crippen molar-refractivity contribution in [1.29, 1.82) is 0 Å². The molecular weight excluding hydrogens is 348 g/mol. The standard InChI is InChI=1S/C21H20O6/c1-11-9-16-17(10-12(11)2)27-19(14-5-7-15(25-4)8-6-14)20(18(16)22)26-13(3)21(23)24/h5-10,13H,1-4H3,(H,23,24)/t13-/m0/s1. The second-order valence-electron chi connectivity index (χ2n) is 6.35. The number of benzene rings is 2. The Balaban J connectivity index is 2.29. The molecule has 0 spiro atoms. The van der Waals surface area contributed by atoms with Crippen LogP contribution < -0.4 is 14.9 Å². The monoisotopic (exact) mass is 368 g/mol. The third kappa shape index (κ3) is 3.51. The van der Waals surface area contributed by atoms with E-state index in [1.807, 2.05) is 13.8 Å². The Morgan fingerprint density at radius 3 is 2.33 bits per heavy atom. The lowest BCUT2D eigenvalue weighted by Crippen LogP contribution is -2.26. The molecule has 0 amide bonds. The van der Waals surface area contributed by atoms with Crippen molar-refractivity contribution in [2.45, 2.75) is 26.9 Å². The van der Waals surface area contributed by atoms with Crippen LogP contribution >= 0.6 is 0 Å². The van der Waals surface area contributed by atoms with Crippen molar-refractivity contribution in [3.05, 3.63) is 57.7 Å². The first-order chi connectivity index (χ1) is 12.8. The highest BCUT2D eigenvalue weighted by Crippen LogP contribution is 2.33. The maximum atomic E-state index is 13.1. The minimum Gasteiger partial charge on any atom is -0.497 e. The number of hydrogen-bond acceptors (Lipinski definition) is 5. The first-order valence-electron chi connectivity index (χ1n) is 8.43. The lowest BCUT2D eigenvalue weighted by molar-refractivity contribution is -0.144. The molecule has 3 rings (SSSR count). The van der Waals surface area contributed by atoms with Gasteiger partial charge in [0.15, 0.2) is 11.9 Å². The number of fused-ring (bicyclic) bond motifs is 1. The highest BCUT2D eigenvalue weighted by atomic mass is 16.5. The number of aryl methyl sites for hydroxylation is 2. The summed E-state index contributed by atoms with van der Waals surface area (Å²) in [5.74, 6) is -0.456. The van der Waals surface area contributed by atoms with Crippen molar-refractivity contribution in [1.82, 2.24) is 0 Å². The molecule has 0 saturated carbocycles. The largest absolute Gasteiger partial charge is 0.497 e. The molecule has 140 valence electrons. The summed E-state index contributed by atoms with van der Waals surface area (Å²) in [5, 5.41) is 9.53. The Bertz CT molecular complexity index is 1060. The molecule has 1 N–H and O–H groups in total. The van der Waals surface area contributed by atoms with E-state index in [0.29, 0.717) is 22.3 Å². The van der Waals surface area contributed by atoms with Gasteiger partial charge in [-0.15, -0.1) is 0 Å². The van der Waals surface area contributed by atoms with Crippen molar-refractivity contribution in [2.75, 3.05) is 7.11 Å². The van der Waals surface area contributed by atoms with Gasteiger partial charge in [0, 0.05) is 5.56 Å². The van der Waals surface area contributed by atoms with Crippen molar-refractivity contribution in [2.24, 2.45) is 0 Å². The Labute approximate surface area is 156 Å². The van der Waals surface area contributed by atoms with Gasteiger partial charge in [0.1, 0.15) is 11.3 Å². The van der Waals surface area contributed by atoms with Gasteiger partial charge in [-0.05, 0) is 68.3 Å². The summed E-state index contributed by atoms with van der Waals surface area (Å²) in [6.45, 7) is 5.19. The molecule has 3 aromatic rings. The highest BCUT2D eigenvalue weighted by molar-refractivity contribution is 5.84. The van der Waals surface area contributed by atoms with Crippen LogP contribution in [0.15, 0.2) is 45.6 Å². The summed E-state index contributed by atoms with van der Waals surface area (Å²) in [5.41, 5.74) is 2.52. The molecule has 0 aliphatic rings. The van der Waals surface area contributed by atoms with Crippen LogP contribution in [0.3, 0.4) is 0 Å². The SMILES string of the molecule is COc1ccc(-c2oc3cc(C)c(C)cc3c(=O)c2O[C@@H](C)C(=O)O)cc1. The van der Waals surface area contributed by atoms with E-state index in [9.17, 15) is 14.7 Å². The lowest BCUT2D eigenvalue weighted by Gasteiger charge is -2.15. The third-order valence-corrected chi connectivity index (χ3v) is 4.46. The molecule has 1 heterocycles. The fraction of sp³-hybridized carbons (Fsp3) is 0.238. The van der Waals surface area contributed by atoms with Crippen molar-refractivity contribution < 1.29 is 23.8 Å². The molecule has 0 fully saturated rings. The Morgan fingerprint density at radius 2 is 1.74 bits per heavy atom. The van der Waals surface area contributed by atoms with Crippen LogP contribution in [0.25, 0.3) is 22.3 Å². The molecule has 1 atom stereocenters. The third-order valence-electron chi connectivity index (χ3n) is 4.46. The lowest BCUT2D eigenvalue weighted by atomic mass is 10.0. The van der Waals surface area contributed by atoms with Gasteiger partial charge < -0.3 is 19.0 Å². The zero-order chi connectivity index (χ0) is 19.7. The fourth-order valence-corrected chi connectivity index (χ4v) is 2.70. The number of carbonyl (C=O) groups is 1. The summed E-state index contributed by atoms with van der Waals surface area (Å²) in [7, 11) is 1.55. The predicted molar refractivity (Wildman–Crippen MR) is 102 cm³/mol. The molecule has 6 nitrogen and oxygen atoms in total. The average Bonchev–Trinajstić information content (AvgIpc) is 2.65. The maximum absolute atomic E-state index is 13.1. The molecule has 27 heavy (non-hydrogen) atoms. The summed E-state index contributed by atoms with van der Waals surface area (Å²) < 4.78 is 16.6. The smallest absolute Gasteiger partial charge is 0.344 e. The molecule has 2 aromatic carbocycles. The van der Waals surface area contributed by atoms with Crippen LogP contribution in [0.2, 0.25) is 0 Å². The summed E-state index contributed by atoms with van der Waals surface area (Å²) in [6.07, 6.45) is -1.20. The average molecular weight is 368 g/mol. The fourth-order valence-electron chi connectivity index (χ4n) is 2.70. The Hall–Kier alpha value is -3.28. The number of ether oxygens (including phenoxy) is 2. The normalized spacial score (nSPS) is 12.0. The minimum absolute atomic E-state index is 0.120. The van der Waals surface area contributed by atoms with Gasteiger partial charge >= 0.3 is 5.97 Å². The topological polar surface area (TPSA) is 86.0 Å². The van der Waals surface area contributed by atoms with Gasteiger partial charge in [0.25, 0.3) is 0 Å². The zero-order valence-corrected chi connectivity index (χ0v) is 15.5. The molecular formula is C21H20O6. The number of methoxy groups -OCH3 is 1. The minimum atomic E-state index is -1.20. The molecule has 6 heteroatoms. The molecule has 0 unspecified atom stereocenters. The number of aliphatic carboxylic acids is 1. The van der Waals surface area contributed by atoms with Gasteiger partial charge in [-0.3, -0.25) is 4.79 Å². The van der Waals surface area contributed by atoms with E-state index >= 15 is 0 Å². The molecule has 0 aliphatic carbocycles. The molecule has 1 aromatic heterocycles. The first-order valence-corrected chi connectivity index (χ1v) is 8.43. The van der Waals surface area contributed by atoms with E-state index in [0.717, 1.165) is 11.1 Å².